The van der Waals surface area contributed by atoms with E-state index in [0.29, 0.717) is 28.8 Å². The predicted molar refractivity (Wildman–Crippen MR) is 112 cm³/mol. The van der Waals surface area contributed by atoms with Gasteiger partial charge in [0.05, 0.1) is 16.8 Å². The molecule has 30 heavy (non-hydrogen) atoms. The van der Waals surface area contributed by atoms with E-state index in [4.69, 9.17) is 10.5 Å². The number of anilines is 2. The standard InChI is InChI=1S/C18H20N8O3S/c1-18(2,23-14-7-9-20-17(22-14)26-10-4-8-21-26)11-29-13-6-3-5-12-15(13)16(19)25-30(27,28)24-12/h3-10,24H,11H2,1-2H3,(H2,19,25)(H,20,22,23). The first-order valence-corrected chi connectivity index (χ1v) is 10.4. The zero-order chi connectivity index (χ0) is 21.4. The second-order valence-corrected chi connectivity index (χ2v) is 8.56. The Bertz CT molecular complexity index is 1210. The van der Waals surface area contributed by atoms with Crippen LogP contribution in [-0.2, 0) is 10.2 Å². The first-order chi connectivity index (χ1) is 14.2. The lowest BCUT2D eigenvalue weighted by atomic mass is 10.1. The smallest absolute Gasteiger partial charge is 0.344 e. The molecule has 0 saturated heterocycles. The Labute approximate surface area is 173 Å². The van der Waals surface area contributed by atoms with Gasteiger partial charge in [0.2, 0.25) is 0 Å². The number of hydrogen-bond acceptors (Lipinski definition) is 8. The fourth-order valence-corrected chi connectivity index (χ4v) is 3.74. The van der Waals surface area contributed by atoms with E-state index in [-0.39, 0.29) is 12.4 Å². The Hall–Kier alpha value is -3.67. The SMILES string of the molecule is CC(C)(COc1cccc2c1C(N)=NS(=O)(=O)N2)Nc1ccnc(-n2cccn2)n1. The molecule has 3 heterocycles. The van der Waals surface area contributed by atoms with E-state index in [1.165, 1.54) is 0 Å². The molecule has 1 aliphatic rings. The molecule has 11 nitrogen and oxygen atoms in total. The molecule has 1 aromatic carbocycles. The normalized spacial score (nSPS) is 14.9. The summed E-state index contributed by atoms with van der Waals surface area (Å²) < 4.78 is 36.8. The van der Waals surface area contributed by atoms with E-state index < -0.39 is 15.7 Å². The van der Waals surface area contributed by atoms with Crippen molar-refractivity contribution in [2.75, 3.05) is 16.6 Å². The Morgan fingerprint density at radius 2 is 2.07 bits per heavy atom. The highest BCUT2D eigenvalue weighted by atomic mass is 32.2. The summed E-state index contributed by atoms with van der Waals surface area (Å²) in [5.74, 6) is 1.35. The highest BCUT2D eigenvalue weighted by Gasteiger charge is 2.26. The Kier molecular flexibility index (Phi) is 4.78. The lowest BCUT2D eigenvalue weighted by Crippen LogP contribution is -2.38. The topological polar surface area (TPSA) is 149 Å². The average molecular weight is 428 g/mol. The van der Waals surface area contributed by atoms with Gasteiger partial charge in [-0.25, -0.2) is 9.67 Å². The van der Waals surface area contributed by atoms with E-state index in [2.05, 4.69) is 29.5 Å². The molecule has 0 aliphatic carbocycles. The summed E-state index contributed by atoms with van der Waals surface area (Å²) in [5.41, 5.74) is 6.06. The largest absolute Gasteiger partial charge is 0.490 e. The van der Waals surface area contributed by atoms with Crippen molar-refractivity contribution in [2.24, 2.45) is 10.1 Å². The minimum absolute atomic E-state index is 0.121. The van der Waals surface area contributed by atoms with E-state index in [9.17, 15) is 8.42 Å². The van der Waals surface area contributed by atoms with Gasteiger partial charge in [0.25, 0.3) is 5.95 Å². The fraction of sp³-hybridized carbons (Fsp3) is 0.222. The van der Waals surface area contributed by atoms with Gasteiger partial charge in [0, 0.05) is 18.6 Å². The third kappa shape index (κ3) is 4.17. The van der Waals surface area contributed by atoms with Crippen LogP contribution in [0.2, 0.25) is 0 Å². The van der Waals surface area contributed by atoms with Crippen molar-refractivity contribution in [1.29, 1.82) is 0 Å². The van der Waals surface area contributed by atoms with Gasteiger partial charge >= 0.3 is 10.2 Å². The third-order valence-electron chi connectivity index (χ3n) is 4.15. The van der Waals surface area contributed by atoms with Crippen molar-refractivity contribution in [3.63, 3.8) is 0 Å². The summed E-state index contributed by atoms with van der Waals surface area (Å²) in [7, 11) is -3.85. The van der Waals surface area contributed by atoms with Crippen LogP contribution in [0.5, 0.6) is 5.75 Å². The van der Waals surface area contributed by atoms with E-state index in [1.807, 2.05) is 13.8 Å². The van der Waals surface area contributed by atoms with Crippen LogP contribution in [0.1, 0.15) is 19.4 Å². The maximum absolute atomic E-state index is 11.7. The summed E-state index contributed by atoms with van der Waals surface area (Å²) in [6.45, 7) is 4.13. The Morgan fingerprint density at radius 1 is 1.23 bits per heavy atom. The van der Waals surface area contributed by atoms with Gasteiger partial charge in [-0.3, -0.25) is 4.72 Å². The van der Waals surface area contributed by atoms with Crippen LogP contribution in [0.4, 0.5) is 11.5 Å². The van der Waals surface area contributed by atoms with E-state index in [1.54, 1.807) is 53.6 Å². The number of rotatable bonds is 6. The first-order valence-electron chi connectivity index (χ1n) is 8.98. The highest BCUT2D eigenvalue weighted by molar-refractivity contribution is 7.91. The highest BCUT2D eigenvalue weighted by Crippen LogP contribution is 2.31. The molecule has 1 aliphatic heterocycles. The summed E-state index contributed by atoms with van der Waals surface area (Å²) in [6, 6.07) is 8.52. The molecule has 0 amide bonds. The predicted octanol–water partition coefficient (Wildman–Crippen LogP) is 1.31. The average Bonchev–Trinajstić information content (AvgIpc) is 3.20. The van der Waals surface area contributed by atoms with Gasteiger partial charge < -0.3 is 15.8 Å². The quantitative estimate of drug-likeness (QED) is 0.532. The molecule has 0 saturated carbocycles. The molecule has 0 fully saturated rings. The summed E-state index contributed by atoms with van der Waals surface area (Å²) in [4.78, 5) is 8.67. The monoisotopic (exact) mass is 428 g/mol. The van der Waals surface area contributed by atoms with Crippen LogP contribution in [0.25, 0.3) is 5.95 Å². The summed E-state index contributed by atoms with van der Waals surface area (Å²) in [6.07, 6.45) is 5.04. The number of benzene rings is 1. The number of nitrogens with zero attached hydrogens (tertiary/aromatic N) is 5. The Morgan fingerprint density at radius 3 is 2.83 bits per heavy atom. The van der Waals surface area contributed by atoms with Crippen LogP contribution in [0.15, 0.2) is 53.3 Å². The van der Waals surface area contributed by atoms with Crippen molar-refractivity contribution in [3.05, 3.63) is 54.5 Å². The van der Waals surface area contributed by atoms with Crippen molar-refractivity contribution in [1.82, 2.24) is 19.7 Å². The van der Waals surface area contributed by atoms with Gasteiger partial charge in [-0.05, 0) is 38.1 Å². The number of ether oxygens (including phenoxy) is 1. The van der Waals surface area contributed by atoms with Crippen LogP contribution >= 0.6 is 0 Å². The molecule has 0 unspecified atom stereocenters. The number of fused-ring (bicyclic) bond motifs is 1. The first kappa shape index (κ1) is 19.6. The third-order valence-corrected chi connectivity index (χ3v) is 5.06. The van der Waals surface area contributed by atoms with Crippen molar-refractivity contribution in [3.8, 4) is 11.7 Å². The molecule has 0 bridgehead atoms. The van der Waals surface area contributed by atoms with E-state index >= 15 is 0 Å². The second kappa shape index (κ2) is 7.30. The number of aromatic nitrogens is 4. The molecule has 4 rings (SSSR count). The van der Waals surface area contributed by atoms with Crippen molar-refractivity contribution < 1.29 is 13.2 Å². The number of nitrogens with one attached hydrogen (secondary N) is 2. The molecule has 12 heteroatoms. The molecule has 0 radical (unpaired) electrons. The molecule has 4 N–H and O–H groups in total. The number of amidine groups is 1. The maximum Gasteiger partial charge on any atom is 0.344 e. The fourth-order valence-electron chi connectivity index (χ4n) is 2.89. The number of hydrogen-bond donors (Lipinski definition) is 3. The van der Waals surface area contributed by atoms with Gasteiger partial charge in [-0.15, -0.1) is 4.40 Å². The van der Waals surface area contributed by atoms with Crippen LogP contribution < -0.4 is 20.5 Å². The minimum atomic E-state index is -3.85. The molecule has 2 aromatic heterocycles. The van der Waals surface area contributed by atoms with Gasteiger partial charge in [-0.1, -0.05) is 6.07 Å². The van der Waals surface area contributed by atoms with Crippen molar-refractivity contribution in [2.45, 2.75) is 19.4 Å². The lowest BCUT2D eigenvalue weighted by molar-refractivity contribution is 0.256. The molecule has 3 aromatic rings. The molecular formula is C18H20N8O3S. The zero-order valence-electron chi connectivity index (χ0n) is 16.3. The van der Waals surface area contributed by atoms with Crippen LogP contribution in [0.3, 0.4) is 0 Å². The van der Waals surface area contributed by atoms with Crippen LogP contribution in [-0.4, -0.2) is 46.1 Å². The second-order valence-electron chi connectivity index (χ2n) is 7.22. The van der Waals surface area contributed by atoms with E-state index in [0.717, 1.165) is 0 Å². The maximum atomic E-state index is 11.7. The van der Waals surface area contributed by atoms with Gasteiger partial charge in [0.1, 0.15) is 18.2 Å². The Balaban J connectivity index is 1.50. The molecule has 0 spiro atoms. The molecule has 156 valence electrons. The van der Waals surface area contributed by atoms with Gasteiger partial charge in [-0.2, -0.15) is 18.5 Å². The lowest BCUT2D eigenvalue weighted by Gasteiger charge is -2.28. The zero-order valence-corrected chi connectivity index (χ0v) is 17.1. The molecular weight excluding hydrogens is 408 g/mol. The van der Waals surface area contributed by atoms with Crippen LogP contribution in [0, 0.1) is 0 Å². The number of nitrogens with two attached hydrogens (primary N) is 1. The summed E-state index contributed by atoms with van der Waals surface area (Å²) in [5, 5.41) is 7.43. The molecule has 0 atom stereocenters. The summed E-state index contributed by atoms with van der Waals surface area (Å²) >= 11 is 0. The van der Waals surface area contributed by atoms with Crippen molar-refractivity contribution >= 4 is 27.6 Å². The minimum Gasteiger partial charge on any atom is -0.490 e. The van der Waals surface area contributed by atoms with Gasteiger partial charge in [0.15, 0.2) is 5.84 Å².